The number of nitrogens with zero attached hydrogens (tertiary/aromatic N) is 1. The average Bonchev–Trinajstić information content (AvgIpc) is 3.65. The van der Waals surface area contributed by atoms with Crippen molar-refractivity contribution in [1.29, 1.82) is 0 Å². The minimum Gasteiger partial charge on any atom is -0.503 e. The minimum absolute atomic E-state index is 0.0256. The second-order valence-corrected chi connectivity index (χ2v) is 8.70. The van der Waals surface area contributed by atoms with E-state index in [1.807, 2.05) is 6.92 Å². The third-order valence-corrected chi connectivity index (χ3v) is 6.55. The number of Topliss-reactive ketones (excluding diaryl/α,β-unsaturated/α-hetero) is 1. The number of furan rings is 1. The van der Waals surface area contributed by atoms with Crippen LogP contribution in [0.2, 0.25) is 0 Å². The van der Waals surface area contributed by atoms with Crippen molar-refractivity contribution in [1.82, 2.24) is 0 Å². The van der Waals surface area contributed by atoms with E-state index in [-0.39, 0.29) is 18.1 Å². The van der Waals surface area contributed by atoms with Crippen molar-refractivity contribution >= 4 is 28.3 Å². The van der Waals surface area contributed by atoms with Gasteiger partial charge < -0.3 is 28.5 Å². The monoisotopic (exact) mass is 513 g/mol. The predicted octanol–water partition coefficient (Wildman–Crippen LogP) is 5.35. The second kappa shape index (κ2) is 9.19. The lowest BCUT2D eigenvalue weighted by atomic mass is 9.94. The van der Waals surface area contributed by atoms with Crippen molar-refractivity contribution in [2.24, 2.45) is 0 Å². The number of ketones is 1. The maximum absolute atomic E-state index is 13.9. The number of ether oxygens (including phenoxy) is 4. The number of aliphatic hydroxyl groups excluding tert-OH is 1. The van der Waals surface area contributed by atoms with Gasteiger partial charge >= 0.3 is 0 Å². The van der Waals surface area contributed by atoms with Gasteiger partial charge in [0.05, 0.1) is 25.3 Å². The van der Waals surface area contributed by atoms with Crippen molar-refractivity contribution in [2.75, 3.05) is 25.4 Å². The fourth-order valence-electron chi connectivity index (χ4n) is 4.81. The Bertz CT molecular complexity index is 1600. The van der Waals surface area contributed by atoms with Crippen LogP contribution in [0.4, 0.5) is 5.69 Å². The molecule has 0 spiro atoms. The fourth-order valence-corrected chi connectivity index (χ4v) is 4.81. The number of fused-ring (bicyclic) bond motifs is 2. The van der Waals surface area contributed by atoms with E-state index in [1.165, 1.54) is 12.0 Å². The first-order valence-electron chi connectivity index (χ1n) is 12.0. The van der Waals surface area contributed by atoms with Gasteiger partial charge in [0, 0.05) is 17.1 Å². The average molecular weight is 514 g/mol. The summed E-state index contributed by atoms with van der Waals surface area (Å²) < 4.78 is 27.7. The van der Waals surface area contributed by atoms with Crippen molar-refractivity contribution in [3.05, 3.63) is 89.4 Å². The fraction of sp³-hybridized carbons (Fsp3) is 0.172. The Morgan fingerprint density at radius 1 is 1.05 bits per heavy atom. The molecule has 0 saturated carbocycles. The van der Waals surface area contributed by atoms with Crippen LogP contribution >= 0.6 is 0 Å². The van der Waals surface area contributed by atoms with Gasteiger partial charge in [-0.1, -0.05) is 24.3 Å². The molecular formula is C29H23NO8. The number of aliphatic hydroxyl groups is 1. The van der Waals surface area contributed by atoms with Crippen molar-refractivity contribution in [3.63, 3.8) is 0 Å². The molecule has 0 aliphatic carbocycles. The molecule has 9 nitrogen and oxygen atoms in total. The molecule has 6 rings (SSSR count). The quantitative estimate of drug-likeness (QED) is 0.330. The van der Waals surface area contributed by atoms with E-state index in [1.54, 1.807) is 66.7 Å². The highest BCUT2D eigenvalue weighted by Gasteiger charge is 2.45. The Hall–Kier alpha value is -4.92. The number of hydrogen-bond donors (Lipinski definition) is 1. The van der Waals surface area contributed by atoms with Crippen LogP contribution in [-0.2, 0) is 4.79 Å². The van der Waals surface area contributed by atoms with E-state index >= 15 is 0 Å². The summed E-state index contributed by atoms with van der Waals surface area (Å²) in [6.45, 7) is 2.44. The summed E-state index contributed by atoms with van der Waals surface area (Å²) >= 11 is 0. The molecule has 1 amide bonds. The molecule has 0 bridgehead atoms. The molecule has 0 fully saturated rings. The van der Waals surface area contributed by atoms with Crippen LogP contribution < -0.4 is 23.8 Å². The van der Waals surface area contributed by atoms with Gasteiger partial charge in [0.1, 0.15) is 5.75 Å². The van der Waals surface area contributed by atoms with Crippen molar-refractivity contribution in [2.45, 2.75) is 13.0 Å². The van der Waals surface area contributed by atoms with Gasteiger partial charge in [0.15, 0.2) is 34.4 Å². The largest absolute Gasteiger partial charge is 0.503 e. The highest BCUT2D eigenvalue weighted by Crippen LogP contribution is 2.45. The van der Waals surface area contributed by atoms with Crippen LogP contribution in [0.25, 0.3) is 11.0 Å². The van der Waals surface area contributed by atoms with Gasteiger partial charge in [-0.25, -0.2) is 0 Å². The van der Waals surface area contributed by atoms with Crippen LogP contribution in [0.15, 0.2) is 82.5 Å². The van der Waals surface area contributed by atoms with Gasteiger partial charge in [0.2, 0.25) is 12.6 Å². The number of benzene rings is 3. The number of hydrogen-bond acceptors (Lipinski definition) is 8. The molecular weight excluding hydrogens is 490 g/mol. The zero-order valence-corrected chi connectivity index (χ0v) is 20.6. The molecule has 1 unspecified atom stereocenters. The normalized spacial score (nSPS) is 16.4. The molecule has 1 aromatic heterocycles. The van der Waals surface area contributed by atoms with Crippen molar-refractivity contribution < 1.29 is 38.1 Å². The molecule has 2 aliphatic rings. The molecule has 2 aliphatic heterocycles. The van der Waals surface area contributed by atoms with Gasteiger partial charge in [-0.15, -0.1) is 0 Å². The first-order chi connectivity index (χ1) is 18.5. The number of amides is 1. The molecule has 9 heteroatoms. The lowest BCUT2D eigenvalue weighted by Gasteiger charge is -2.27. The summed E-state index contributed by atoms with van der Waals surface area (Å²) in [6, 6.07) is 18.0. The smallest absolute Gasteiger partial charge is 0.294 e. The number of anilines is 1. The van der Waals surface area contributed by atoms with Gasteiger partial charge in [0.25, 0.3) is 5.91 Å². The van der Waals surface area contributed by atoms with Gasteiger partial charge in [-0.3, -0.25) is 14.5 Å². The molecule has 1 atom stereocenters. The number of rotatable bonds is 7. The molecule has 3 aromatic carbocycles. The lowest BCUT2D eigenvalue weighted by molar-refractivity contribution is -0.117. The highest BCUT2D eigenvalue weighted by molar-refractivity contribution is 6.20. The summed E-state index contributed by atoms with van der Waals surface area (Å²) in [4.78, 5) is 28.7. The maximum atomic E-state index is 13.9. The number of para-hydroxylation sites is 1. The second-order valence-electron chi connectivity index (χ2n) is 8.70. The predicted molar refractivity (Wildman–Crippen MR) is 137 cm³/mol. The number of carbonyl (C=O) groups excluding carboxylic acids is 2. The van der Waals surface area contributed by atoms with Crippen LogP contribution in [0, 0.1) is 0 Å². The molecule has 1 N–H and O–H groups in total. The van der Waals surface area contributed by atoms with E-state index < -0.39 is 23.5 Å². The zero-order valence-electron chi connectivity index (χ0n) is 20.6. The van der Waals surface area contributed by atoms with E-state index in [2.05, 4.69) is 0 Å². The Kier molecular flexibility index (Phi) is 5.68. The standard InChI is InChI=1S/C29H23NO8/c1-3-35-19-10-7-16(8-11-19)25-24(26(31)23-13-17-5-4-6-21(34-2)28(17)38-23)27(32)29(33)30(25)18-9-12-20-22(14-18)37-15-36-20/h4-14,25,32H,3,15H2,1-2H3. The topological polar surface area (TPSA) is 108 Å². The van der Waals surface area contributed by atoms with Crippen LogP contribution in [-0.4, -0.2) is 37.3 Å². The van der Waals surface area contributed by atoms with E-state index in [4.69, 9.17) is 23.4 Å². The Morgan fingerprint density at radius 2 is 1.84 bits per heavy atom. The van der Waals surface area contributed by atoms with E-state index in [9.17, 15) is 14.7 Å². The molecule has 0 saturated heterocycles. The van der Waals surface area contributed by atoms with Crippen LogP contribution in [0.3, 0.4) is 0 Å². The summed E-state index contributed by atoms with van der Waals surface area (Å²) in [7, 11) is 1.51. The Morgan fingerprint density at radius 3 is 2.61 bits per heavy atom. The number of carbonyl (C=O) groups is 2. The summed E-state index contributed by atoms with van der Waals surface area (Å²) in [5, 5.41) is 11.7. The lowest BCUT2D eigenvalue weighted by Crippen LogP contribution is -2.31. The van der Waals surface area contributed by atoms with Crippen LogP contribution in [0.5, 0.6) is 23.0 Å². The summed E-state index contributed by atoms with van der Waals surface area (Å²) in [5.41, 5.74) is 1.32. The maximum Gasteiger partial charge on any atom is 0.294 e. The summed E-state index contributed by atoms with van der Waals surface area (Å²) in [6.07, 6.45) is 0. The van der Waals surface area contributed by atoms with Gasteiger partial charge in [-0.05, 0) is 48.9 Å². The van der Waals surface area contributed by atoms with Crippen molar-refractivity contribution in [3.8, 4) is 23.0 Å². The third-order valence-electron chi connectivity index (χ3n) is 6.55. The summed E-state index contributed by atoms with van der Waals surface area (Å²) in [5.74, 6) is 0.0948. The first-order valence-corrected chi connectivity index (χ1v) is 12.0. The van der Waals surface area contributed by atoms with E-state index in [0.717, 1.165) is 0 Å². The number of methoxy groups -OCH3 is 1. The molecule has 0 radical (unpaired) electrons. The molecule has 38 heavy (non-hydrogen) atoms. The van der Waals surface area contributed by atoms with E-state index in [0.29, 0.717) is 51.8 Å². The van der Waals surface area contributed by atoms with Crippen LogP contribution in [0.1, 0.15) is 29.1 Å². The SMILES string of the molecule is CCOc1ccc(C2C(C(=O)c3cc4cccc(OC)c4o3)=C(O)C(=O)N2c2ccc3c(c2)OCO3)cc1. The van der Waals surface area contributed by atoms with Gasteiger partial charge in [-0.2, -0.15) is 0 Å². The third kappa shape index (κ3) is 3.71. The zero-order chi connectivity index (χ0) is 26.4. The minimum atomic E-state index is -0.943. The molecule has 4 aromatic rings. The Labute approximate surface area is 217 Å². The first kappa shape index (κ1) is 23.5. The Balaban J connectivity index is 1.47. The molecule has 3 heterocycles. The highest BCUT2D eigenvalue weighted by atomic mass is 16.7. The molecule has 192 valence electrons.